The molecule has 0 spiro atoms. The van der Waals surface area contributed by atoms with Gasteiger partial charge in [0.25, 0.3) is 0 Å². The van der Waals surface area contributed by atoms with E-state index in [1.54, 1.807) is 0 Å². The molecule has 4 saturated carbocycles. The SMILES string of the molecule is C1C[C@@H]2C[C@H]1CC2OC1C[C@@H]2CC[C@H]1C2. The van der Waals surface area contributed by atoms with Crippen molar-refractivity contribution in [2.24, 2.45) is 23.7 Å². The summed E-state index contributed by atoms with van der Waals surface area (Å²) < 4.78 is 6.44. The maximum atomic E-state index is 6.44. The molecule has 0 saturated heterocycles. The summed E-state index contributed by atoms with van der Waals surface area (Å²) in [5.41, 5.74) is 0. The van der Waals surface area contributed by atoms with Gasteiger partial charge in [0.05, 0.1) is 12.2 Å². The number of rotatable bonds is 2. The summed E-state index contributed by atoms with van der Waals surface area (Å²) in [6, 6.07) is 0. The molecule has 4 fully saturated rings. The minimum Gasteiger partial charge on any atom is -0.374 e. The lowest BCUT2D eigenvalue weighted by Crippen LogP contribution is -2.30. The Balaban J connectivity index is 1.40. The van der Waals surface area contributed by atoms with E-state index in [2.05, 4.69) is 0 Å². The summed E-state index contributed by atoms with van der Waals surface area (Å²) in [5, 5.41) is 0. The Bertz CT molecular complexity index is 236. The molecule has 0 aromatic carbocycles. The molecular formula is C14H22O. The van der Waals surface area contributed by atoms with Crippen molar-refractivity contribution in [1.29, 1.82) is 0 Å². The highest BCUT2D eigenvalue weighted by Crippen LogP contribution is 2.50. The molecule has 0 aromatic rings. The lowest BCUT2D eigenvalue weighted by atomic mass is 9.95. The van der Waals surface area contributed by atoms with Crippen LogP contribution in [0.2, 0.25) is 0 Å². The Labute approximate surface area is 92.6 Å². The molecule has 0 aromatic heterocycles. The van der Waals surface area contributed by atoms with Gasteiger partial charge in [-0.2, -0.15) is 0 Å². The van der Waals surface area contributed by atoms with Crippen LogP contribution in [0.4, 0.5) is 0 Å². The van der Waals surface area contributed by atoms with Gasteiger partial charge in [0.2, 0.25) is 0 Å². The van der Waals surface area contributed by atoms with Gasteiger partial charge in [-0.15, -0.1) is 0 Å². The summed E-state index contributed by atoms with van der Waals surface area (Å²) in [6.45, 7) is 0. The van der Waals surface area contributed by atoms with Crippen LogP contribution in [-0.4, -0.2) is 12.2 Å². The molecule has 0 amide bonds. The van der Waals surface area contributed by atoms with Gasteiger partial charge in [-0.25, -0.2) is 0 Å². The average molecular weight is 206 g/mol. The highest BCUT2D eigenvalue weighted by atomic mass is 16.5. The lowest BCUT2D eigenvalue weighted by molar-refractivity contribution is -0.0622. The van der Waals surface area contributed by atoms with Crippen LogP contribution in [0.15, 0.2) is 0 Å². The van der Waals surface area contributed by atoms with Gasteiger partial charge in [0.15, 0.2) is 0 Å². The monoisotopic (exact) mass is 206 g/mol. The molecule has 0 N–H and O–H groups in total. The number of fused-ring (bicyclic) bond motifs is 4. The number of hydrogen-bond acceptors (Lipinski definition) is 1. The Kier molecular flexibility index (Phi) is 1.94. The van der Waals surface area contributed by atoms with Gasteiger partial charge in [-0.1, -0.05) is 0 Å². The summed E-state index contributed by atoms with van der Waals surface area (Å²) in [6.07, 6.45) is 13.1. The van der Waals surface area contributed by atoms with Crippen LogP contribution >= 0.6 is 0 Å². The third kappa shape index (κ3) is 1.39. The molecule has 0 aliphatic heterocycles. The first-order valence-electron chi connectivity index (χ1n) is 7.04. The van der Waals surface area contributed by atoms with Gasteiger partial charge in [0.1, 0.15) is 0 Å². The number of ether oxygens (including phenoxy) is 1. The largest absolute Gasteiger partial charge is 0.374 e. The Morgan fingerprint density at radius 1 is 0.600 bits per heavy atom. The van der Waals surface area contributed by atoms with E-state index >= 15 is 0 Å². The van der Waals surface area contributed by atoms with E-state index in [0.29, 0.717) is 12.2 Å². The molecule has 4 aliphatic rings. The van der Waals surface area contributed by atoms with Crippen LogP contribution in [0.5, 0.6) is 0 Å². The third-order valence-corrected chi connectivity index (χ3v) is 5.70. The van der Waals surface area contributed by atoms with Gasteiger partial charge in [-0.05, 0) is 75.0 Å². The van der Waals surface area contributed by atoms with Crippen LogP contribution in [0.1, 0.15) is 51.4 Å². The Morgan fingerprint density at radius 3 is 1.47 bits per heavy atom. The maximum absolute atomic E-state index is 6.44. The Morgan fingerprint density at radius 2 is 1.13 bits per heavy atom. The highest BCUT2D eigenvalue weighted by molar-refractivity contribution is 4.95. The minimum absolute atomic E-state index is 0.674. The van der Waals surface area contributed by atoms with Crippen molar-refractivity contribution in [3.8, 4) is 0 Å². The van der Waals surface area contributed by atoms with Crippen LogP contribution in [-0.2, 0) is 4.74 Å². The molecule has 0 heterocycles. The van der Waals surface area contributed by atoms with Crippen LogP contribution in [0.3, 0.4) is 0 Å². The van der Waals surface area contributed by atoms with Crippen LogP contribution in [0, 0.1) is 23.7 Å². The van der Waals surface area contributed by atoms with E-state index in [0.717, 1.165) is 23.7 Å². The first kappa shape index (κ1) is 9.04. The van der Waals surface area contributed by atoms with Crippen molar-refractivity contribution in [2.45, 2.75) is 63.6 Å². The van der Waals surface area contributed by atoms with Crippen molar-refractivity contribution >= 4 is 0 Å². The molecule has 4 bridgehead atoms. The number of hydrogen-bond donors (Lipinski definition) is 0. The zero-order chi connectivity index (χ0) is 9.83. The summed E-state index contributed by atoms with van der Waals surface area (Å²) in [4.78, 5) is 0. The Hall–Kier alpha value is -0.0400. The lowest BCUT2D eigenvalue weighted by Gasteiger charge is -2.30. The van der Waals surface area contributed by atoms with Crippen molar-refractivity contribution < 1.29 is 4.74 Å². The van der Waals surface area contributed by atoms with Gasteiger partial charge in [-0.3, -0.25) is 0 Å². The molecule has 4 rings (SSSR count). The molecule has 2 unspecified atom stereocenters. The van der Waals surface area contributed by atoms with E-state index in [-0.39, 0.29) is 0 Å². The molecule has 4 aliphatic carbocycles. The van der Waals surface area contributed by atoms with Gasteiger partial charge >= 0.3 is 0 Å². The van der Waals surface area contributed by atoms with Gasteiger partial charge < -0.3 is 4.74 Å². The zero-order valence-corrected chi connectivity index (χ0v) is 9.53. The quantitative estimate of drug-likeness (QED) is 0.673. The first-order chi connectivity index (χ1) is 7.38. The average Bonchev–Trinajstić information content (AvgIpc) is 2.96. The van der Waals surface area contributed by atoms with Gasteiger partial charge in [0, 0.05) is 0 Å². The molecule has 15 heavy (non-hydrogen) atoms. The van der Waals surface area contributed by atoms with E-state index < -0.39 is 0 Å². The van der Waals surface area contributed by atoms with E-state index in [9.17, 15) is 0 Å². The second kappa shape index (κ2) is 3.23. The fourth-order valence-corrected chi connectivity index (χ4v) is 4.93. The van der Waals surface area contributed by atoms with E-state index in [4.69, 9.17) is 4.74 Å². The summed E-state index contributed by atoms with van der Waals surface area (Å²) in [7, 11) is 0. The molecular weight excluding hydrogens is 184 g/mol. The molecule has 84 valence electrons. The standard InChI is InChI=1S/C14H22O/c1-3-11-5-9(1)7-13(11)15-14-8-10-2-4-12(14)6-10/h9-14H,1-8H2/t9-,10+,11+,12-,13?,14?. The van der Waals surface area contributed by atoms with Crippen LogP contribution < -0.4 is 0 Å². The topological polar surface area (TPSA) is 9.23 Å². The predicted molar refractivity (Wildman–Crippen MR) is 59.6 cm³/mol. The van der Waals surface area contributed by atoms with E-state index in [1.165, 1.54) is 51.4 Å². The molecule has 1 heteroatoms. The molecule has 0 radical (unpaired) electrons. The summed E-state index contributed by atoms with van der Waals surface area (Å²) >= 11 is 0. The third-order valence-electron chi connectivity index (χ3n) is 5.70. The zero-order valence-electron chi connectivity index (χ0n) is 9.53. The highest BCUT2D eigenvalue weighted by Gasteiger charge is 2.45. The second-order valence-corrected chi connectivity index (χ2v) is 6.56. The van der Waals surface area contributed by atoms with E-state index in [1.807, 2.05) is 0 Å². The molecule has 1 nitrogen and oxygen atoms in total. The fraction of sp³-hybridized carbons (Fsp3) is 1.00. The van der Waals surface area contributed by atoms with Crippen molar-refractivity contribution in [3.05, 3.63) is 0 Å². The normalized spacial score (nSPS) is 56.8. The van der Waals surface area contributed by atoms with Crippen molar-refractivity contribution in [1.82, 2.24) is 0 Å². The second-order valence-electron chi connectivity index (χ2n) is 6.56. The molecule has 6 atom stereocenters. The maximum Gasteiger partial charge on any atom is 0.0609 e. The summed E-state index contributed by atoms with van der Waals surface area (Å²) in [5.74, 6) is 3.99. The van der Waals surface area contributed by atoms with Crippen molar-refractivity contribution in [3.63, 3.8) is 0 Å². The van der Waals surface area contributed by atoms with Crippen molar-refractivity contribution in [2.75, 3.05) is 0 Å². The smallest absolute Gasteiger partial charge is 0.0609 e. The first-order valence-corrected chi connectivity index (χ1v) is 7.04. The fourth-order valence-electron chi connectivity index (χ4n) is 4.93. The predicted octanol–water partition coefficient (Wildman–Crippen LogP) is 3.38. The minimum atomic E-state index is 0.674. The van der Waals surface area contributed by atoms with Crippen LogP contribution in [0.25, 0.3) is 0 Å².